The van der Waals surface area contributed by atoms with Crippen LogP contribution in [0.2, 0.25) is 0 Å². The van der Waals surface area contributed by atoms with Crippen molar-refractivity contribution in [1.82, 2.24) is 9.97 Å². The Balaban J connectivity index is 2.03. The van der Waals surface area contributed by atoms with Crippen LogP contribution in [0.5, 0.6) is 5.88 Å². The fourth-order valence-electron chi connectivity index (χ4n) is 2.19. The summed E-state index contributed by atoms with van der Waals surface area (Å²) < 4.78 is 6.76. The maximum absolute atomic E-state index is 5.94. The summed E-state index contributed by atoms with van der Waals surface area (Å²) in [7, 11) is 0. The summed E-state index contributed by atoms with van der Waals surface area (Å²) in [4.78, 5) is 8.80. The molecule has 94 valence electrons. The van der Waals surface area contributed by atoms with Crippen molar-refractivity contribution in [3.05, 3.63) is 16.5 Å². The van der Waals surface area contributed by atoms with Crippen LogP contribution in [0.4, 0.5) is 0 Å². The highest BCUT2D eigenvalue weighted by atomic mass is 79.9. The Morgan fingerprint density at radius 3 is 2.76 bits per heavy atom. The van der Waals surface area contributed by atoms with Gasteiger partial charge in [-0.25, -0.2) is 4.98 Å². The fourth-order valence-corrected chi connectivity index (χ4v) is 2.59. The normalized spacial score (nSPS) is 17.1. The summed E-state index contributed by atoms with van der Waals surface area (Å²) in [6, 6.07) is 1.87. The predicted octanol–water partition coefficient (Wildman–Crippen LogP) is 3.90. The third-order valence-electron chi connectivity index (χ3n) is 3.03. The third kappa shape index (κ3) is 3.95. The zero-order chi connectivity index (χ0) is 12.1. The van der Waals surface area contributed by atoms with Crippen LogP contribution in [-0.2, 0) is 6.42 Å². The van der Waals surface area contributed by atoms with Crippen molar-refractivity contribution in [3.63, 3.8) is 0 Å². The number of nitrogens with zero attached hydrogens (tertiary/aromatic N) is 2. The average molecular weight is 299 g/mol. The Bertz CT molecular complexity index is 364. The van der Waals surface area contributed by atoms with Gasteiger partial charge in [-0.05, 0) is 48.0 Å². The molecule has 0 N–H and O–H groups in total. The number of aryl methyl sites for hydroxylation is 1. The van der Waals surface area contributed by atoms with E-state index in [1.807, 2.05) is 6.07 Å². The first kappa shape index (κ1) is 12.8. The van der Waals surface area contributed by atoms with E-state index in [-0.39, 0.29) is 0 Å². The molecule has 1 heterocycles. The van der Waals surface area contributed by atoms with Gasteiger partial charge < -0.3 is 4.74 Å². The van der Waals surface area contributed by atoms with E-state index in [9.17, 15) is 0 Å². The highest BCUT2D eigenvalue weighted by Gasteiger charge is 2.16. The van der Waals surface area contributed by atoms with Crippen LogP contribution in [0.15, 0.2) is 10.7 Å². The van der Waals surface area contributed by atoms with Crippen molar-refractivity contribution in [1.29, 1.82) is 0 Å². The van der Waals surface area contributed by atoms with Crippen LogP contribution in [0.3, 0.4) is 0 Å². The van der Waals surface area contributed by atoms with Crippen molar-refractivity contribution in [3.8, 4) is 5.88 Å². The minimum atomic E-state index is 0.347. The van der Waals surface area contributed by atoms with E-state index in [0.717, 1.165) is 42.0 Å². The molecule has 3 nitrogen and oxygen atoms in total. The lowest BCUT2D eigenvalue weighted by Gasteiger charge is -2.22. The highest BCUT2D eigenvalue weighted by Crippen LogP contribution is 2.23. The number of hydrogen-bond donors (Lipinski definition) is 0. The molecule has 0 bridgehead atoms. The summed E-state index contributed by atoms with van der Waals surface area (Å²) in [5.41, 5.74) is 0. The van der Waals surface area contributed by atoms with E-state index in [1.54, 1.807) is 0 Å². The van der Waals surface area contributed by atoms with Gasteiger partial charge in [-0.15, -0.1) is 0 Å². The van der Waals surface area contributed by atoms with Crippen LogP contribution in [0.1, 0.15) is 51.3 Å². The molecule has 17 heavy (non-hydrogen) atoms. The smallest absolute Gasteiger partial charge is 0.217 e. The van der Waals surface area contributed by atoms with Crippen molar-refractivity contribution in [2.75, 3.05) is 0 Å². The second-order valence-electron chi connectivity index (χ2n) is 4.57. The van der Waals surface area contributed by atoms with Gasteiger partial charge in [-0.1, -0.05) is 13.3 Å². The summed E-state index contributed by atoms with van der Waals surface area (Å²) in [5, 5.41) is 0. The third-order valence-corrected chi connectivity index (χ3v) is 3.44. The molecule has 4 heteroatoms. The number of ether oxygens (including phenoxy) is 1. The van der Waals surface area contributed by atoms with E-state index < -0.39 is 0 Å². The quantitative estimate of drug-likeness (QED) is 0.791. The molecule has 2 rings (SSSR count). The van der Waals surface area contributed by atoms with Gasteiger partial charge in [0, 0.05) is 12.5 Å². The van der Waals surface area contributed by atoms with Gasteiger partial charge >= 0.3 is 0 Å². The highest BCUT2D eigenvalue weighted by molar-refractivity contribution is 9.10. The zero-order valence-electron chi connectivity index (χ0n) is 10.3. The zero-order valence-corrected chi connectivity index (χ0v) is 11.9. The lowest BCUT2D eigenvalue weighted by molar-refractivity contribution is 0.148. The lowest BCUT2D eigenvalue weighted by atomic mass is 9.98. The Morgan fingerprint density at radius 1 is 1.29 bits per heavy atom. The number of hydrogen-bond acceptors (Lipinski definition) is 3. The van der Waals surface area contributed by atoms with Gasteiger partial charge in [-0.3, -0.25) is 0 Å². The second-order valence-corrected chi connectivity index (χ2v) is 5.39. The molecule has 0 spiro atoms. The molecule has 1 aromatic rings. The second kappa shape index (κ2) is 6.34. The largest absolute Gasteiger partial charge is 0.474 e. The van der Waals surface area contributed by atoms with E-state index in [1.165, 1.54) is 19.3 Å². The van der Waals surface area contributed by atoms with Crippen LogP contribution in [0, 0.1) is 0 Å². The molecule has 0 atom stereocenters. The minimum Gasteiger partial charge on any atom is -0.474 e. The van der Waals surface area contributed by atoms with Crippen LogP contribution in [-0.4, -0.2) is 16.1 Å². The Labute approximate surface area is 111 Å². The Hall–Kier alpha value is -0.640. The van der Waals surface area contributed by atoms with Crippen LogP contribution >= 0.6 is 15.9 Å². The standard InChI is InChI=1S/C13H19BrN2O/c1-2-6-12-15-11(14)9-13(16-12)17-10-7-4-3-5-8-10/h9-10H,2-8H2,1H3. The first-order valence-corrected chi connectivity index (χ1v) is 7.27. The summed E-state index contributed by atoms with van der Waals surface area (Å²) in [6.45, 7) is 2.13. The van der Waals surface area contributed by atoms with Gasteiger partial charge in [-0.2, -0.15) is 4.98 Å². The molecule has 1 aromatic heterocycles. The fraction of sp³-hybridized carbons (Fsp3) is 0.692. The Kier molecular flexibility index (Phi) is 4.77. The first-order chi connectivity index (χ1) is 8.28. The molecule has 1 fully saturated rings. The van der Waals surface area contributed by atoms with Crippen molar-refractivity contribution >= 4 is 15.9 Å². The lowest BCUT2D eigenvalue weighted by Crippen LogP contribution is -2.20. The summed E-state index contributed by atoms with van der Waals surface area (Å²) in [6.07, 6.45) is 8.52. The minimum absolute atomic E-state index is 0.347. The van der Waals surface area contributed by atoms with E-state index in [0.29, 0.717) is 6.10 Å². The van der Waals surface area contributed by atoms with Crippen LogP contribution < -0.4 is 4.74 Å². The van der Waals surface area contributed by atoms with E-state index in [2.05, 4.69) is 32.8 Å². The molecule has 0 saturated heterocycles. The van der Waals surface area contributed by atoms with Gasteiger partial charge in [0.05, 0.1) is 0 Å². The van der Waals surface area contributed by atoms with E-state index >= 15 is 0 Å². The molecule has 1 aliphatic carbocycles. The molecule has 0 aromatic carbocycles. The molecule has 0 amide bonds. The van der Waals surface area contributed by atoms with E-state index in [4.69, 9.17) is 4.74 Å². The molecule has 1 saturated carbocycles. The maximum atomic E-state index is 5.94. The predicted molar refractivity (Wildman–Crippen MR) is 71.2 cm³/mol. The number of aromatic nitrogens is 2. The first-order valence-electron chi connectivity index (χ1n) is 6.48. The van der Waals surface area contributed by atoms with Crippen LogP contribution in [0.25, 0.3) is 0 Å². The van der Waals surface area contributed by atoms with Crippen molar-refractivity contribution < 1.29 is 4.74 Å². The molecular weight excluding hydrogens is 280 g/mol. The Morgan fingerprint density at radius 2 is 2.06 bits per heavy atom. The van der Waals surface area contributed by atoms with Gasteiger partial charge in [0.15, 0.2) is 0 Å². The number of halogens is 1. The van der Waals surface area contributed by atoms with Gasteiger partial charge in [0.1, 0.15) is 16.5 Å². The van der Waals surface area contributed by atoms with Crippen molar-refractivity contribution in [2.45, 2.75) is 58.0 Å². The van der Waals surface area contributed by atoms with Gasteiger partial charge in [0.2, 0.25) is 5.88 Å². The molecule has 0 unspecified atom stereocenters. The maximum Gasteiger partial charge on any atom is 0.217 e. The monoisotopic (exact) mass is 298 g/mol. The molecule has 0 radical (unpaired) electrons. The summed E-state index contributed by atoms with van der Waals surface area (Å²) >= 11 is 3.42. The molecule has 1 aliphatic rings. The van der Waals surface area contributed by atoms with Gasteiger partial charge in [0.25, 0.3) is 0 Å². The molecule has 0 aliphatic heterocycles. The summed E-state index contributed by atoms with van der Waals surface area (Å²) in [5.74, 6) is 1.59. The SMILES string of the molecule is CCCc1nc(Br)cc(OC2CCCCC2)n1. The average Bonchev–Trinajstić information content (AvgIpc) is 2.30. The number of rotatable bonds is 4. The topological polar surface area (TPSA) is 35.0 Å². The molecular formula is C13H19BrN2O. The van der Waals surface area contributed by atoms with Crippen molar-refractivity contribution in [2.24, 2.45) is 0 Å².